The quantitative estimate of drug-likeness (QED) is 0.817. The van der Waals surface area contributed by atoms with Gasteiger partial charge in [-0.2, -0.15) is 0 Å². The highest BCUT2D eigenvalue weighted by molar-refractivity contribution is 5.15. The normalized spacial score (nSPS) is 23.6. The minimum atomic E-state index is 0.0332. The second kappa shape index (κ2) is 6.07. The number of hydrogen-bond donors (Lipinski definition) is 1. The van der Waals surface area contributed by atoms with Crippen molar-refractivity contribution in [1.82, 2.24) is 4.90 Å². The van der Waals surface area contributed by atoms with Crippen LogP contribution in [-0.4, -0.2) is 36.2 Å². The van der Waals surface area contributed by atoms with Crippen molar-refractivity contribution in [1.29, 1.82) is 0 Å². The van der Waals surface area contributed by atoms with Gasteiger partial charge in [0, 0.05) is 5.54 Å². The minimum Gasteiger partial charge on any atom is -0.497 e. The molecular formula is C15H28N2O. The number of allylic oxidation sites excluding steroid dienone is 1. The Morgan fingerprint density at radius 1 is 1.28 bits per heavy atom. The molecule has 2 heterocycles. The van der Waals surface area contributed by atoms with E-state index < -0.39 is 0 Å². The van der Waals surface area contributed by atoms with Crippen molar-refractivity contribution < 1.29 is 4.74 Å². The maximum Gasteiger partial charge on any atom is 0.111 e. The average Bonchev–Trinajstić information content (AvgIpc) is 2.96. The van der Waals surface area contributed by atoms with Crippen LogP contribution in [0.4, 0.5) is 0 Å². The van der Waals surface area contributed by atoms with E-state index in [9.17, 15) is 0 Å². The van der Waals surface area contributed by atoms with Gasteiger partial charge in [0.2, 0.25) is 0 Å². The van der Waals surface area contributed by atoms with Crippen molar-refractivity contribution in [3.8, 4) is 0 Å². The molecule has 2 aliphatic heterocycles. The van der Waals surface area contributed by atoms with E-state index >= 15 is 0 Å². The van der Waals surface area contributed by atoms with Crippen LogP contribution in [0.5, 0.6) is 0 Å². The van der Waals surface area contributed by atoms with Crippen LogP contribution in [0.3, 0.4) is 0 Å². The van der Waals surface area contributed by atoms with Gasteiger partial charge in [0.05, 0.1) is 12.6 Å². The van der Waals surface area contributed by atoms with Crippen LogP contribution in [0.25, 0.3) is 0 Å². The summed E-state index contributed by atoms with van der Waals surface area (Å²) in [7, 11) is 0. The van der Waals surface area contributed by atoms with Crippen molar-refractivity contribution in [2.45, 2.75) is 64.0 Å². The summed E-state index contributed by atoms with van der Waals surface area (Å²) in [6.07, 6.45) is 9.29. The maximum atomic E-state index is 6.59. The minimum absolute atomic E-state index is 0.0332. The molecule has 1 atom stereocenters. The van der Waals surface area contributed by atoms with E-state index in [2.05, 4.69) is 24.8 Å². The fourth-order valence-electron chi connectivity index (χ4n) is 3.55. The van der Waals surface area contributed by atoms with Gasteiger partial charge in [-0.15, -0.1) is 0 Å². The Balaban J connectivity index is 2.19. The third-order valence-corrected chi connectivity index (χ3v) is 4.81. The number of nitrogens with two attached hydrogens (primary N) is 1. The first kappa shape index (κ1) is 13.9. The van der Waals surface area contributed by atoms with Crippen LogP contribution in [0.15, 0.2) is 11.8 Å². The molecule has 0 aromatic rings. The standard InChI is InChI=1S/C15H28N2O/c1-3-15(4-2,17-10-6-7-11-17)14(16)13-9-5-8-12-18-13/h9,14H,3-8,10-12,16H2,1-2H3. The lowest BCUT2D eigenvalue weighted by Gasteiger charge is -2.46. The Labute approximate surface area is 111 Å². The van der Waals surface area contributed by atoms with Crippen molar-refractivity contribution in [3.05, 3.63) is 11.8 Å². The summed E-state index contributed by atoms with van der Waals surface area (Å²) in [6, 6.07) is 0.0332. The number of hydrogen-bond acceptors (Lipinski definition) is 3. The average molecular weight is 252 g/mol. The van der Waals surface area contributed by atoms with E-state index in [-0.39, 0.29) is 11.6 Å². The fourth-order valence-corrected chi connectivity index (χ4v) is 3.55. The molecule has 0 amide bonds. The lowest BCUT2D eigenvalue weighted by molar-refractivity contribution is 0.0560. The van der Waals surface area contributed by atoms with Crippen molar-refractivity contribution >= 4 is 0 Å². The lowest BCUT2D eigenvalue weighted by atomic mass is 9.81. The summed E-state index contributed by atoms with van der Waals surface area (Å²) in [5, 5.41) is 0. The first-order chi connectivity index (χ1) is 8.74. The zero-order valence-electron chi connectivity index (χ0n) is 12.0. The van der Waals surface area contributed by atoms with Gasteiger partial charge >= 0.3 is 0 Å². The Morgan fingerprint density at radius 3 is 2.44 bits per heavy atom. The van der Waals surface area contributed by atoms with E-state index in [1.54, 1.807) is 0 Å². The van der Waals surface area contributed by atoms with Gasteiger partial charge in [0.25, 0.3) is 0 Å². The molecular weight excluding hydrogens is 224 g/mol. The SMILES string of the molecule is CCC(CC)(C(N)C1=CCCCO1)N1CCCC1. The van der Waals surface area contributed by atoms with Gasteiger partial charge in [-0.25, -0.2) is 0 Å². The zero-order chi connectivity index (χ0) is 13.0. The zero-order valence-corrected chi connectivity index (χ0v) is 12.0. The fraction of sp³-hybridized carbons (Fsp3) is 0.867. The largest absolute Gasteiger partial charge is 0.497 e. The van der Waals surface area contributed by atoms with Crippen LogP contribution in [0, 0.1) is 0 Å². The molecule has 1 saturated heterocycles. The van der Waals surface area contributed by atoms with Gasteiger partial charge in [0.15, 0.2) is 0 Å². The third kappa shape index (κ3) is 2.43. The summed E-state index contributed by atoms with van der Waals surface area (Å²) >= 11 is 0. The Morgan fingerprint density at radius 2 is 1.94 bits per heavy atom. The summed E-state index contributed by atoms with van der Waals surface area (Å²) in [6.45, 7) is 7.77. The number of nitrogens with zero attached hydrogens (tertiary/aromatic N) is 1. The second-order valence-corrected chi connectivity index (χ2v) is 5.58. The molecule has 0 saturated carbocycles. The molecule has 0 aliphatic carbocycles. The molecule has 3 nitrogen and oxygen atoms in total. The molecule has 0 spiro atoms. The van der Waals surface area contributed by atoms with Crippen molar-refractivity contribution in [2.75, 3.05) is 19.7 Å². The van der Waals surface area contributed by atoms with E-state index in [4.69, 9.17) is 10.5 Å². The molecule has 1 fully saturated rings. The van der Waals surface area contributed by atoms with E-state index in [1.165, 1.54) is 25.9 Å². The monoisotopic (exact) mass is 252 g/mol. The van der Waals surface area contributed by atoms with Crippen LogP contribution in [-0.2, 0) is 4.74 Å². The summed E-state index contributed by atoms with van der Waals surface area (Å²) in [5.74, 6) is 1.04. The highest BCUT2D eigenvalue weighted by Crippen LogP contribution is 2.34. The van der Waals surface area contributed by atoms with Gasteiger partial charge in [0.1, 0.15) is 5.76 Å². The Kier molecular flexibility index (Phi) is 4.68. The first-order valence-corrected chi connectivity index (χ1v) is 7.58. The molecule has 3 heteroatoms. The molecule has 18 heavy (non-hydrogen) atoms. The van der Waals surface area contributed by atoms with Crippen LogP contribution < -0.4 is 5.73 Å². The first-order valence-electron chi connectivity index (χ1n) is 7.58. The highest BCUT2D eigenvalue weighted by atomic mass is 16.5. The molecule has 2 rings (SSSR count). The van der Waals surface area contributed by atoms with Gasteiger partial charge in [-0.1, -0.05) is 13.8 Å². The predicted octanol–water partition coefficient (Wildman–Crippen LogP) is 2.66. The van der Waals surface area contributed by atoms with E-state index in [0.717, 1.165) is 38.0 Å². The molecule has 2 aliphatic rings. The van der Waals surface area contributed by atoms with Crippen molar-refractivity contribution in [3.63, 3.8) is 0 Å². The van der Waals surface area contributed by atoms with Gasteiger partial charge < -0.3 is 10.5 Å². The lowest BCUT2D eigenvalue weighted by Crippen LogP contribution is -2.59. The van der Waals surface area contributed by atoms with Crippen LogP contribution >= 0.6 is 0 Å². The molecule has 104 valence electrons. The van der Waals surface area contributed by atoms with E-state index in [0.29, 0.717) is 0 Å². The van der Waals surface area contributed by atoms with Gasteiger partial charge in [-0.05, 0) is 57.7 Å². The van der Waals surface area contributed by atoms with Gasteiger partial charge in [-0.3, -0.25) is 4.90 Å². The Bertz CT molecular complexity index is 291. The predicted molar refractivity (Wildman–Crippen MR) is 75.4 cm³/mol. The molecule has 1 unspecified atom stereocenters. The second-order valence-electron chi connectivity index (χ2n) is 5.58. The molecule has 0 bridgehead atoms. The van der Waals surface area contributed by atoms with Crippen LogP contribution in [0.1, 0.15) is 52.4 Å². The number of ether oxygens (including phenoxy) is 1. The van der Waals surface area contributed by atoms with Crippen LogP contribution in [0.2, 0.25) is 0 Å². The maximum absolute atomic E-state index is 6.59. The van der Waals surface area contributed by atoms with E-state index in [1.807, 2.05) is 0 Å². The molecule has 0 aromatic carbocycles. The summed E-state index contributed by atoms with van der Waals surface area (Å²) < 4.78 is 5.82. The summed E-state index contributed by atoms with van der Waals surface area (Å²) in [4.78, 5) is 2.61. The smallest absolute Gasteiger partial charge is 0.111 e. The topological polar surface area (TPSA) is 38.5 Å². The molecule has 0 radical (unpaired) electrons. The number of likely N-dealkylation sites (tertiary alicyclic amines) is 1. The highest BCUT2D eigenvalue weighted by Gasteiger charge is 2.42. The molecule has 2 N–H and O–H groups in total. The molecule has 0 aromatic heterocycles. The summed E-state index contributed by atoms with van der Waals surface area (Å²) in [5.41, 5.74) is 6.69. The number of rotatable bonds is 5. The van der Waals surface area contributed by atoms with Crippen molar-refractivity contribution in [2.24, 2.45) is 5.73 Å². The third-order valence-electron chi connectivity index (χ3n) is 4.81. The Hall–Kier alpha value is -0.540.